The van der Waals surface area contributed by atoms with Gasteiger partial charge in [-0.1, -0.05) is 54.1 Å². The Morgan fingerprint density at radius 1 is 1.00 bits per heavy atom. The molecule has 0 radical (unpaired) electrons. The molecule has 4 nitrogen and oxygen atoms in total. The first-order valence-corrected chi connectivity index (χ1v) is 11.9. The van der Waals surface area contributed by atoms with Crippen molar-refractivity contribution in [2.45, 2.75) is 26.8 Å². The van der Waals surface area contributed by atoms with Gasteiger partial charge in [0.15, 0.2) is 0 Å². The second-order valence-electron chi connectivity index (χ2n) is 8.37. The maximum atomic E-state index is 14.0. The highest BCUT2D eigenvalue weighted by molar-refractivity contribution is 7.19. The summed E-state index contributed by atoms with van der Waals surface area (Å²) in [6.07, 6.45) is 0.453. The normalized spacial score (nSPS) is 11.3. The van der Waals surface area contributed by atoms with Crippen LogP contribution in [0.5, 0.6) is 5.75 Å². The van der Waals surface area contributed by atoms with Crippen molar-refractivity contribution in [3.63, 3.8) is 0 Å². The Morgan fingerprint density at radius 2 is 1.76 bits per heavy atom. The summed E-state index contributed by atoms with van der Waals surface area (Å²) < 4.78 is 15.3. The summed E-state index contributed by atoms with van der Waals surface area (Å²) in [6.45, 7) is 4.33. The average molecular weight is 471 g/mol. The second-order valence-corrected chi connectivity index (χ2v) is 9.57. The highest BCUT2D eigenvalue weighted by atomic mass is 32.1. The van der Waals surface area contributed by atoms with Gasteiger partial charge in [0.25, 0.3) is 5.56 Å². The molecule has 0 saturated heterocycles. The zero-order valence-electron chi connectivity index (χ0n) is 18.9. The lowest BCUT2D eigenvalue weighted by molar-refractivity contribution is 0.476. The van der Waals surface area contributed by atoms with Crippen molar-refractivity contribution >= 4 is 21.6 Å². The molecule has 170 valence electrons. The fourth-order valence-corrected chi connectivity index (χ4v) is 5.31. The number of nitrogens with zero attached hydrogens (tertiary/aromatic N) is 2. The molecule has 34 heavy (non-hydrogen) atoms. The van der Waals surface area contributed by atoms with E-state index in [1.54, 1.807) is 34.9 Å². The summed E-state index contributed by atoms with van der Waals surface area (Å²) in [5.41, 5.74) is 4.12. The molecule has 6 heteroatoms. The van der Waals surface area contributed by atoms with Gasteiger partial charge in [-0.2, -0.15) is 0 Å². The molecule has 5 rings (SSSR count). The van der Waals surface area contributed by atoms with Gasteiger partial charge in [0, 0.05) is 17.0 Å². The Kier molecular flexibility index (Phi) is 5.75. The minimum atomic E-state index is -0.311. The van der Waals surface area contributed by atoms with Crippen LogP contribution in [0, 0.1) is 19.7 Å². The number of aromatic hydroxyl groups is 1. The fraction of sp³-hybridized carbons (Fsp3) is 0.143. The number of fused-ring (bicyclic) bond motifs is 1. The number of thiophene rings is 1. The lowest BCUT2D eigenvalue weighted by Gasteiger charge is -2.14. The summed E-state index contributed by atoms with van der Waals surface area (Å²) in [4.78, 5) is 20.5. The van der Waals surface area contributed by atoms with Crippen LogP contribution in [0.2, 0.25) is 0 Å². The van der Waals surface area contributed by atoms with E-state index in [4.69, 9.17) is 4.98 Å². The molecular formula is C28H23FN2O2S. The summed E-state index contributed by atoms with van der Waals surface area (Å²) in [5.74, 6) is 0.151. The van der Waals surface area contributed by atoms with E-state index < -0.39 is 0 Å². The molecule has 0 fully saturated rings. The van der Waals surface area contributed by atoms with Gasteiger partial charge in [0.05, 0.1) is 10.9 Å². The van der Waals surface area contributed by atoms with E-state index in [0.29, 0.717) is 34.6 Å². The SMILES string of the molecule is Cc1ccc(-c2c(C)sc3nc(-c4ccccc4O)n(CCc4cccc(F)c4)c(=O)c23)cc1. The second kappa shape index (κ2) is 8.88. The molecule has 1 N–H and O–H groups in total. The molecule has 0 aliphatic heterocycles. The number of para-hydroxylation sites is 1. The third-order valence-electron chi connectivity index (χ3n) is 5.99. The van der Waals surface area contributed by atoms with E-state index in [9.17, 15) is 14.3 Å². The van der Waals surface area contributed by atoms with Crippen molar-refractivity contribution in [2.75, 3.05) is 0 Å². The van der Waals surface area contributed by atoms with Crippen molar-refractivity contribution in [2.24, 2.45) is 0 Å². The molecule has 0 spiro atoms. The third-order valence-corrected chi connectivity index (χ3v) is 6.99. The van der Waals surface area contributed by atoms with Crippen LogP contribution < -0.4 is 5.56 Å². The molecular weight excluding hydrogens is 447 g/mol. The van der Waals surface area contributed by atoms with Crippen LogP contribution in [0.25, 0.3) is 32.7 Å². The number of aryl methyl sites for hydroxylation is 3. The number of benzene rings is 3. The molecule has 2 aromatic heterocycles. The van der Waals surface area contributed by atoms with Crippen LogP contribution in [-0.2, 0) is 13.0 Å². The zero-order valence-corrected chi connectivity index (χ0v) is 19.7. The minimum absolute atomic E-state index is 0.0558. The molecule has 0 saturated carbocycles. The number of phenolic OH excluding ortho intramolecular Hbond substituents is 1. The third kappa shape index (κ3) is 4.01. The summed E-state index contributed by atoms with van der Waals surface area (Å²) in [7, 11) is 0. The highest BCUT2D eigenvalue weighted by Gasteiger charge is 2.21. The van der Waals surface area contributed by atoms with Gasteiger partial charge < -0.3 is 5.11 Å². The summed E-state index contributed by atoms with van der Waals surface area (Å²) in [6, 6.07) is 21.4. The van der Waals surface area contributed by atoms with E-state index in [1.807, 2.05) is 44.2 Å². The number of phenols is 1. The Hall–Kier alpha value is -3.77. The lowest BCUT2D eigenvalue weighted by atomic mass is 10.0. The molecule has 3 aromatic carbocycles. The molecule has 0 amide bonds. The van der Waals surface area contributed by atoms with Gasteiger partial charge in [-0.3, -0.25) is 9.36 Å². The van der Waals surface area contributed by atoms with Crippen LogP contribution in [0.3, 0.4) is 0 Å². The highest BCUT2D eigenvalue weighted by Crippen LogP contribution is 2.37. The van der Waals surface area contributed by atoms with E-state index in [2.05, 4.69) is 0 Å². The van der Waals surface area contributed by atoms with Crippen LogP contribution >= 0.6 is 11.3 Å². The van der Waals surface area contributed by atoms with Crippen LogP contribution in [-0.4, -0.2) is 14.7 Å². The fourth-order valence-electron chi connectivity index (χ4n) is 4.27. The van der Waals surface area contributed by atoms with Gasteiger partial charge in [-0.05, 0) is 55.7 Å². The van der Waals surface area contributed by atoms with Crippen molar-refractivity contribution < 1.29 is 9.50 Å². The number of halogens is 1. The lowest BCUT2D eigenvalue weighted by Crippen LogP contribution is -2.24. The molecule has 2 heterocycles. The van der Waals surface area contributed by atoms with Gasteiger partial charge in [0.2, 0.25) is 0 Å². The van der Waals surface area contributed by atoms with Crippen molar-refractivity contribution in [1.82, 2.24) is 9.55 Å². The number of aromatic nitrogens is 2. The molecule has 0 unspecified atom stereocenters. The number of hydrogen-bond donors (Lipinski definition) is 1. The van der Waals surface area contributed by atoms with E-state index in [1.165, 1.54) is 23.5 Å². The van der Waals surface area contributed by atoms with Crippen molar-refractivity contribution in [3.05, 3.63) is 105 Å². The molecule has 0 aliphatic carbocycles. The number of hydrogen-bond acceptors (Lipinski definition) is 4. The van der Waals surface area contributed by atoms with Gasteiger partial charge in [0.1, 0.15) is 22.2 Å². The van der Waals surface area contributed by atoms with Gasteiger partial charge in [-0.15, -0.1) is 11.3 Å². The quantitative estimate of drug-likeness (QED) is 0.319. The standard InChI is InChI=1S/C28H23FN2O2S/c1-17-10-12-20(13-11-17)24-18(2)34-27-25(24)28(33)31(15-14-19-6-5-7-21(29)16-19)26(30-27)22-8-3-4-9-23(22)32/h3-13,16,32H,14-15H2,1-2H3. The van der Waals surface area contributed by atoms with E-state index >= 15 is 0 Å². The Bertz CT molecular complexity index is 1570. The zero-order chi connectivity index (χ0) is 23.8. The van der Waals surface area contributed by atoms with Crippen LogP contribution in [0.4, 0.5) is 4.39 Å². The molecule has 0 aliphatic rings. The summed E-state index contributed by atoms with van der Waals surface area (Å²) in [5, 5.41) is 11.1. The Morgan fingerprint density at radius 3 is 2.50 bits per heavy atom. The van der Waals surface area contributed by atoms with Crippen LogP contribution in [0.15, 0.2) is 77.6 Å². The van der Waals surface area contributed by atoms with Crippen molar-refractivity contribution in [3.8, 4) is 28.3 Å². The predicted octanol–water partition coefficient (Wildman–Crippen LogP) is 6.50. The van der Waals surface area contributed by atoms with E-state index in [-0.39, 0.29) is 17.1 Å². The minimum Gasteiger partial charge on any atom is -0.507 e. The van der Waals surface area contributed by atoms with Crippen molar-refractivity contribution in [1.29, 1.82) is 0 Å². The molecule has 0 atom stereocenters. The van der Waals surface area contributed by atoms with Gasteiger partial charge in [-0.25, -0.2) is 9.37 Å². The molecule has 0 bridgehead atoms. The van der Waals surface area contributed by atoms with Gasteiger partial charge >= 0.3 is 0 Å². The first-order chi connectivity index (χ1) is 16.4. The average Bonchev–Trinajstić information content (AvgIpc) is 3.15. The largest absolute Gasteiger partial charge is 0.507 e. The first kappa shape index (κ1) is 22.0. The first-order valence-electron chi connectivity index (χ1n) is 11.1. The van der Waals surface area contributed by atoms with E-state index in [0.717, 1.165) is 27.1 Å². The summed E-state index contributed by atoms with van der Waals surface area (Å²) >= 11 is 1.48. The maximum Gasteiger partial charge on any atom is 0.263 e. The maximum absolute atomic E-state index is 14.0. The smallest absolute Gasteiger partial charge is 0.263 e. The Labute approximate surface area is 200 Å². The topological polar surface area (TPSA) is 55.1 Å². The van der Waals surface area contributed by atoms with Crippen LogP contribution in [0.1, 0.15) is 16.0 Å². The predicted molar refractivity (Wildman–Crippen MR) is 136 cm³/mol. The Balaban J connectivity index is 1.73. The number of rotatable bonds is 5. The molecule has 5 aromatic rings. The monoisotopic (exact) mass is 470 g/mol.